The molecule has 0 fully saturated rings. The Morgan fingerprint density at radius 2 is 1.50 bits per heavy atom. The standard InChI is InChI=1S/C24H27N3O3/c1-17(2)27(18(3)4)22(28)16-30-24(29)21-15-26(20-13-9-6-10-14-20)25-23(21)19-11-7-5-8-12-19/h5-15,17-18H,16H2,1-4H3. The lowest BCUT2D eigenvalue weighted by molar-refractivity contribution is -0.138. The molecule has 1 aromatic heterocycles. The van der Waals surface area contributed by atoms with E-state index in [4.69, 9.17) is 4.74 Å². The normalized spacial score (nSPS) is 11.0. The van der Waals surface area contributed by atoms with Crippen molar-refractivity contribution in [3.63, 3.8) is 0 Å². The number of para-hydroxylation sites is 1. The fourth-order valence-corrected chi connectivity index (χ4v) is 3.50. The molecule has 0 saturated heterocycles. The molecule has 6 nitrogen and oxygen atoms in total. The molecule has 3 aromatic rings. The summed E-state index contributed by atoms with van der Waals surface area (Å²) in [6, 6.07) is 19.0. The lowest BCUT2D eigenvalue weighted by atomic mass is 10.1. The molecule has 0 N–H and O–H groups in total. The van der Waals surface area contributed by atoms with Gasteiger partial charge in [0, 0.05) is 23.8 Å². The summed E-state index contributed by atoms with van der Waals surface area (Å²) in [4.78, 5) is 27.2. The molecule has 0 atom stereocenters. The first-order valence-electron chi connectivity index (χ1n) is 10.1. The molecule has 0 unspecified atom stereocenters. The van der Waals surface area contributed by atoms with Crippen LogP contribution in [-0.2, 0) is 9.53 Å². The van der Waals surface area contributed by atoms with E-state index in [1.807, 2.05) is 88.4 Å². The Morgan fingerprint density at radius 1 is 0.933 bits per heavy atom. The third-order valence-electron chi connectivity index (χ3n) is 4.73. The van der Waals surface area contributed by atoms with Gasteiger partial charge in [-0.3, -0.25) is 4.79 Å². The molecule has 0 aliphatic heterocycles. The van der Waals surface area contributed by atoms with Gasteiger partial charge in [0.2, 0.25) is 0 Å². The van der Waals surface area contributed by atoms with Gasteiger partial charge in [-0.1, -0.05) is 48.5 Å². The van der Waals surface area contributed by atoms with Gasteiger partial charge in [-0.2, -0.15) is 5.10 Å². The van der Waals surface area contributed by atoms with Crippen LogP contribution in [0.25, 0.3) is 16.9 Å². The summed E-state index contributed by atoms with van der Waals surface area (Å²) in [5.41, 5.74) is 2.46. The number of aromatic nitrogens is 2. The molecule has 1 heterocycles. The molecule has 0 aliphatic rings. The largest absolute Gasteiger partial charge is 0.452 e. The number of hydrogen-bond donors (Lipinski definition) is 0. The predicted octanol–water partition coefficient (Wildman–Crippen LogP) is 4.34. The van der Waals surface area contributed by atoms with Crippen LogP contribution in [-0.4, -0.2) is 45.2 Å². The number of carbonyl (C=O) groups is 2. The second kappa shape index (κ2) is 9.39. The van der Waals surface area contributed by atoms with Crippen LogP contribution >= 0.6 is 0 Å². The van der Waals surface area contributed by atoms with Crippen molar-refractivity contribution >= 4 is 11.9 Å². The third kappa shape index (κ3) is 4.76. The molecule has 30 heavy (non-hydrogen) atoms. The van der Waals surface area contributed by atoms with Crippen molar-refractivity contribution < 1.29 is 14.3 Å². The zero-order valence-corrected chi connectivity index (χ0v) is 17.8. The van der Waals surface area contributed by atoms with Crippen LogP contribution in [0.4, 0.5) is 0 Å². The Balaban J connectivity index is 1.87. The average Bonchev–Trinajstić information content (AvgIpc) is 3.18. The summed E-state index contributed by atoms with van der Waals surface area (Å²) < 4.78 is 7.05. The zero-order valence-electron chi connectivity index (χ0n) is 17.8. The number of benzene rings is 2. The van der Waals surface area contributed by atoms with E-state index < -0.39 is 5.97 Å². The van der Waals surface area contributed by atoms with E-state index in [0.717, 1.165) is 11.3 Å². The van der Waals surface area contributed by atoms with E-state index in [1.54, 1.807) is 15.8 Å². The van der Waals surface area contributed by atoms with Crippen molar-refractivity contribution in [1.82, 2.24) is 14.7 Å². The maximum absolute atomic E-state index is 12.9. The number of esters is 1. The minimum Gasteiger partial charge on any atom is -0.452 e. The van der Waals surface area contributed by atoms with Crippen LogP contribution in [0.1, 0.15) is 38.1 Å². The second-order valence-corrected chi connectivity index (χ2v) is 7.60. The highest BCUT2D eigenvalue weighted by molar-refractivity contribution is 5.97. The summed E-state index contributed by atoms with van der Waals surface area (Å²) in [6.45, 7) is 7.46. The van der Waals surface area contributed by atoms with Crippen molar-refractivity contribution in [2.24, 2.45) is 0 Å². The van der Waals surface area contributed by atoms with Gasteiger partial charge in [-0.25, -0.2) is 9.48 Å². The SMILES string of the molecule is CC(C)N(C(=O)COC(=O)c1cn(-c2ccccc2)nc1-c1ccccc1)C(C)C. The molecule has 0 aliphatic carbocycles. The molecule has 6 heteroatoms. The Hall–Kier alpha value is -3.41. The van der Waals surface area contributed by atoms with Crippen molar-refractivity contribution in [3.05, 3.63) is 72.4 Å². The maximum atomic E-state index is 12.9. The van der Waals surface area contributed by atoms with Gasteiger partial charge in [-0.15, -0.1) is 0 Å². The first-order chi connectivity index (χ1) is 14.4. The topological polar surface area (TPSA) is 64.4 Å². The highest BCUT2D eigenvalue weighted by Gasteiger charge is 2.24. The van der Waals surface area contributed by atoms with Gasteiger partial charge < -0.3 is 9.64 Å². The average molecular weight is 405 g/mol. The molecule has 0 bridgehead atoms. The lowest BCUT2D eigenvalue weighted by Crippen LogP contribution is -2.44. The Bertz CT molecular complexity index is 987. The van der Waals surface area contributed by atoms with E-state index in [-0.39, 0.29) is 24.6 Å². The summed E-state index contributed by atoms with van der Waals surface area (Å²) in [6.07, 6.45) is 1.65. The number of ether oxygens (including phenoxy) is 1. The molecule has 1 amide bonds. The van der Waals surface area contributed by atoms with Crippen LogP contribution in [0.2, 0.25) is 0 Å². The smallest absolute Gasteiger partial charge is 0.342 e. The van der Waals surface area contributed by atoms with Crippen LogP contribution in [0.15, 0.2) is 66.9 Å². The Morgan fingerprint density at radius 3 is 2.07 bits per heavy atom. The van der Waals surface area contributed by atoms with E-state index in [2.05, 4.69) is 5.10 Å². The number of hydrogen-bond acceptors (Lipinski definition) is 4. The van der Waals surface area contributed by atoms with Crippen LogP contribution in [0.3, 0.4) is 0 Å². The van der Waals surface area contributed by atoms with E-state index in [1.165, 1.54) is 0 Å². The Labute approximate surface area is 177 Å². The molecule has 3 rings (SSSR count). The second-order valence-electron chi connectivity index (χ2n) is 7.60. The van der Waals surface area contributed by atoms with Crippen LogP contribution < -0.4 is 0 Å². The quantitative estimate of drug-likeness (QED) is 0.549. The van der Waals surface area contributed by atoms with Crippen molar-refractivity contribution in [2.75, 3.05) is 6.61 Å². The van der Waals surface area contributed by atoms with Gasteiger partial charge in [0.1, 0.15) is 11.3 Å². The highest BCUT2D eigenvalue weighted by Crippen LogP contribution is 2.24. The van der Waals surface area contributed by atoms with Crippen LogP contribution in [0.5, 0.6) is 0 Å². The summed E-state index contributed by atoms with van der Waals surface area (Å²) >= 11 is 0. The molecular formula is C24H27N3O3. The molecule has 2 aromatic carbocycles. The summed E-state index contributed by atoms with van der Waals surface area (Å²) in [5, 5.41) is 4.61. The molecule has 0 radical (unpaired) electrons. The summed E-state index contributed by atoms with van der Waals surface area (Å²) in [7, 11) is 0. The highest BCUT2D eigenvalue weighted by atomic mass is 16.5. The monoisotopic (exact) mass is 405 g/mol. The maximum Gasteiger partial charge on any atom is 0.342 e. The van der Waals surface area contributed by atoms with Gasteiger partial charge in [0.15, 0.2) is 6.61 Å². The van der Waals surface area contributed by atoms with Crippen molar-refractivity contribution in [1.29, 1.82) is 0 Å². The zero-order chi connectivity index (χ0) is 21.7. The number of carbonyl (C=O) groups excluding carboxylic acids is 2. The first kappa shape index (κ1) is 21.3. The first-order valence-corrected chi connectivity index (χ1v) is 10.1. The number of amides is 1. The van der Waals surface area contributed by atoms with Gasteiger partial charge in [-0.05, 0) is 39.8 Å². The van der Waals surface area contributed by atoms with Crippen molar-refractivity contribution in [3.8, 4) is 16.9 Å². The van der Waals surface area contributed by atoms with E-state index in [0.29, 0.717) is 11.3 Å². The summed E-state index contributed by atoms with van der Waals surface area (Å²) in [5.74, 6) is -0.790. The van der Waals surface area contributed by atoms with Crippen molar-refractivity contribution in [2.45, 2.75) is 39.8 Å². The van der Waals surface area contributed by atoms with E-state index >= 15 is 0 Å². The Kier molecular flexibility index (Phi) is 6.67. The molecule has 0 saturated carbocycles. The predicted molar refractivity (Wildman–Crippen MR) is 116 cm³/mol. The fourth-order valence-electron chi connectivity index (χ4n) is 3.50. The van der Waals surface area contributed by atoms with Gasteiger partial charge in [0.25, 0.3) is 5.91 Å². The lowest BCUT2D eigenvalue weighted by Gasteiger charge is -2.30. The number of rotatable bonds is 7. The molecule has 0 spiro atoms. The van der Waals surface area contributed by atoms with Gasteiger partial charge in [0.05, 0.1) is 5.69 Å². The number of nitrogens with zero attached hydrogens (tertiary/aromatic N) is 3. The minimum absolute atomic E-state index is 0.0249. The molecular weight excluding hydrogens is 378 g/mol. The third-order valence-corrected chi connectivity index (χ3v) is 4.73. The van der Waals surface area contributed by atoms with Crippen LogP contribution in [0, 0.1) is 0 Å². The van der Waals surface area contributed by atoms with E-state index in [9.17, 15) is 9.59 Å². The minimum atomic E-state index is -0.572. The fraction of sp³-hybridized carbons (Fsp3) is 0.292. The van der Waals surface area contributed by atoms with Gasteiger partial charge >= 0.3 is 5.97 Å². The molecule has 156 valence electrons.